The van der Waals surface area contributed by atoms with Gasteiger partial charge in [-0.15, -0.1) is 0 Å². The molecule has 0 atom stereocenters. The van der Waals surface area contributed by atoms with Crippen molar-refractivity contribution in [2.24, 2.45) is 5.92 Å². The predicted octanol–water partition coefficient (Wildman–Crippen LogP) is 3.79. The molecular weight excluding hydrogens is 352 g/mol. The zero-order chi connectivity index (χ0) is 17.7. The maximum absolute atomic E-state index is 6.39. The van der Waals surface area contributed by atoms with Crippen LogP contribution in [-0.4, -0.2) is 24.8 Å². The zero-order valence-corrected chi connectivity index (χ0v) is 14.5. The average molecular weight is 367 g/mol. The summed E-state index contributed by atoms with van der Waals surface area (Å²) < 4.78 is 6.92. The lowest BCUT2D eigenvalue weighted by molar-refractivity contribution is 0.310. The van der Waals surface area contributed by atoms with E-state index in [9.17, 15) is 0 Å². The number of anilines is 1. The van der Waals surface area contributed by atoms with E-state index in [-0.39, 0.29) is 5.82 Å². The molecule has 26 heavy (non-hydrogen) atoms. The predicted molar refractivity (Wildman–Crippen MR) is 98.4 cm³/mol. The number of nitrogens with two attached hydrogens (primary N) is 1. The van der Waals surface area contributed by atoms with E-state index in [4.69, 9.17) is 26.9 Å². The first-order valence-electron chi connectivity index (χ1n) is 8.41. The molecule has 0 saturated heterocycles. The molecule has 0 bridgehead atoms. The number of nitrogens with zero attached hydrogens (tertiary/aromatic N) is 5. The topological polar surface area (TPSA) is 95.7 Å². The molecule has 5 rings (SSSR count). The van der Waals surface area contributed by atoms with Gasteiger partial charge in [-0.05, 0) is 41.2 Å². The van der Waals surface area contributed by atoms with E-state index in [0.717, 1.165) is 28.8 Å². The van der Waals surface area contributed by atoms with Crippen LogP contribution < -0.4 is 5.73 Å². The summed E-state index contributed by atoms with van der Waals surface area (Å²) in [5.74, 6) is 1.51. The summed E-state index contributed by atoms with van der Waals surface area (Å²) in [7, 11) is 0. The van der Waals surface area contributed by atoms with Crippen molar-refractivity contribution in [3.05, 3.63) is 41.6 Å². The molecule has 1 fully saturated rings. The lowest BCUT2D eigenvalue weighted by Gasteiger charge is -2.07. The number of nitrogen functional groups attached to an aromatic ring is 1. The number of halogens is 1. The van der Waals surface area contributed by atoms with Crippen molar-refractivity contribution in [1.82, 2.24) is 24.8 Å². The van der Waals surface area contributed by atoms with E-state index >= 15 is 0 Å². The molecule has 4 aromatic rings. The van der Waals surface area contributed by atoms with Crippen LogP contribution in [0.2, 0.25) is 5.02 Å². The number of hydrogen-bond donors (Lipinski definition) is 1. The molecule has 0 amide bonds. The smallest absolute Gasteiger partial charge is 0.199 e. The number of rotatable bonds is 4. The minimum atomic E-state index is 0.226. The van der Waals surface area contributed by atoms with Gasteiger partial charge in [0.05, 0.1) is 16.2 Å². The van der Waals surface area contributed by atoms with Crippen LogP contribution in [0.4, 0.5) is 5.82 Å². The molecular formula is C18H15ClN6O. The highest BCUT2D eigenvalue weighted by Gasteiger charge is 2.27. The fourth-order valence-corrected chi connectivity index (χ4v) is 3.40. The van der Waals surface area contributed by atoms with Gasteiger partial charge in [-0.3, -0.25) is 4.98 Å². The van der Waals surface area contributed by atoms with E-state index < -0.39 is 0 Å². The molecule has 130 valence electrons. The van der Waals surface area contributed by atoms with Crippen LogP contribution >= 0.6 is 11.6 Å². The molecule has 3 aromatic heterocycles. The van der Waals surface area contributed by atoms with Gasteiger partial charge in [0, 0.05) is 18.3 Å². The van der Waals surface area contributed by atoms with Gasteiger partial charge in [0.15, 0.2) is 17.3 Å². The van der Waals surface area contributed by atoms with E-state index in [1.807, 2.05) is 30.3 Å². The third kappa shape index (κ3) is 2.43. The highest BCUT2D eigenvalue weighted by Crippen LogP contribution is 2.37. The molecule has 3 heterocycles. The van der Waals surface area contributed by atoms with Gasteiger partial charge >= 0.3 is 0 Å². The molecule has 0 unspecified atom stereocenters. The normalized spacial score (nSPS) is 14.2. The van der Waals surface area contributed by atoms with E-state index in [0.29, 0.717) is 22.5 Å². The highest BCUT2D eigenvalue weighted by atomic mass is 35.5. The molecule has 2 N–H and O–H groups in total. The summed E-state index contributed by atoms with van der Waals surface area (Å²) in [6, 6.07) is 9.57. The number of imidazole rings is 1. The monoisotopic (exact) mass is 366 g/mol. The van der Waals surface area contributed by atoms with Gasteiger partial charge in [0.25, 0.3) is 0 Å². The van der Waals surface area contributed by atoms with E-state index in [1.54, 1.807) is 6.20 Å². The van der Waals surface area contributed by atoms with Crippen molar-refractivity contribution in [3.63, 3.8) is 0 Å². The Labute approximate surface area is 153 Å². The molecule has 0 aliphatic heterocycles. The van der Waals surface area contributed by atoms with Crippen molar-refractivity contribution in [2.75, 3.05) is 5.73 Å². The van der Waals surface area contributed by atoms with Crippen molar-refractivity contribution in [3.8, 4) is 22.8 Å². The summed E-state index contributed by atoms with van der Waals surface area (Å²) >= 11 is 6.39. The molecule has 8 heteroatoms. The first-order valence-corrected chi connectivity index (χ1v) is 8.78. The lowest BCUT2D eigenvalue weighted by atomic mass is 10.1. The Morgan fingerprint density at radius 1 is 1.15 bits per heavy atom. The van der Waals surface area contributed by atoms with Crippen molar-refractivity contribution >= 4 is 28.5 Å². The van der Waals surface area contributed by atoms with Crippen LogP contribution in [0.5, 0.6) is 0 Å². The van der Waals surface area contributed by atoms with Crippen LogP contribution in [0, 0.1) is 5.92 Å². The number of fused-ring (bicyclic) bond motifs is 1. The van der Waals surface area contributed by atoms with Crippen LogP contribution in [0.3, 0.4) is 0 Å². The molecule has 1 aromatic carbocycles. The second-order valence-corrected chi connectivity index (χ2v) is 6.90. The fraction of sp³-hybridized carbons (Fsp3) is 0.222. The Morgan fingerprint density at radius 3 is 2.73 bits per heavy atom. The van der Waals surface area contributed by atoms with Gasteiger partial charge < -0.3 is 10.3 Å². The summed E-state index contributed by atoms with van der Waals surface area (Å²) in [5.41, 5.74) is 9.69. The Morgan fingerprint density at radius 2 is 2.00 bits per heavy atom. The molecule has 1 aliphatic rings. The number of pyridine rings is 1. The van der Waals surface area contributed by atoms with E-state index in [1.165, 1.54) is 12.8 Å². The third-order valence-electron chi connectivity index (χ3n) is 4.66. The van der Waals surface area contributed by atoms with Gasteiger partial charge in [0.2, 0.25) is 0 Å². The average Bonchev–Trinajstić information content (AvgIpc) is 3.25. The van der Waals surface area contributed by atoms with E-state index in [2.05, 4.69) is 19.9 Å². The second kappa shape index (κ2) is 5.81. The highest BCUT2D eigenvalue weighted by molar-refractivity contribution is 6.33. The standard InChI is InChI=1S/C18H15ClN6O/c19-12-4-2-1-3-11(12)14-15-13(7-8-21-14)25(9-10-5-6-10)18(22-15)16-17(20)24-26-23-16/h1-4,7-8,10H,5-6,9H2,(H2,20,24). The minimum absolute atomic E-state index is 0.226. The molecule has 0 radical (unpaired) electrons. The van der Waals surface area contributed by atoms with Crippen molar-refractivity contribution < 1.29 is 4.63 Å². The first-order chi connectivity index (χ1) is 12.7. The van der Waals surface area contributed by atoms with Crippen LogP contribution in [-0.2, 0) is 6.54 Å². The van der Waals surface area contributed by atoms with Gasteiger partial charge in [-0.25, -0.2) is 9.61 Å². The molecule has 1 aliphatic carbocycles. The van der Waals surface area contributed by atoms with Gasteiger partial charge in [0.1, 0.15) is 5.52 Å². The zero-order valence-electron chi connectivity index (χ0n) is 13.8. The van der Waals surface area contributed by atoms with Crippen molar-refractivity contribution in [1.29, 1.82) is 0 Å². The lowest BCUT2D eigenvalue weighted by Crippen LogP contribution is -2.03. The quantitative estimate of drug-likeness (QED) is 0.590. The summed E-state index contributed by atoms with van der Waals surface area (Å²) in [5, 5.41) is 8.28. The SMILES string of the molecule is Nc1nonc1-c1nc2c(-c3ccccc3Cl)nccc2n1CC1CC1. The second-order valence-electron chi connectivity index (χ2n) is 6.49. The van der Waals surface area contributed by atoms with Crippen molar-refractivity contribution in [2.45, 2.75) is 19.4 Å². The van der Waals surface area contributed by atoms with Crippen LogP contribution in [0.25, 0.3) is 33.8 Å². The Balaban J connectivity index is 1.79. The maximum Gasteiger partial charge on any atom is 0.199 e. The molecule has 0 spiro atoms. The minimum Gasteiger partial charge on any atom is -0.379 e. The van der Waals surface area contributed by atoms with Gasteiger partial charge in [-0.1, -0.05) is 29.8 Å². The fourth-order valence-electron chi connectivity index (χ4n) is 3.18. The van der Waals surface area contributed by atoms with Gasteiger partial charge in [-0.2, -0.15) is 0 Å². The first kappa shape index (κ1) is 15.3. The third-order valence-corrected chi connectivity index (χ3v) is 4.99. The Kier molecular flexibility index (Phi) is 3.43. The number of benzene rings is 1. The number of aromatic nitrogens is 5. The summed E-state index contributed by atoms with van der Waals surface area (Å²) in [6.45, 7) is 0.851. The Hall–Kier alpha value is -2.93. The summed E-state index contributed by atoms with van der Waals surface area (Å²) in [4.78, 5) is 9.35. The van der Waals surface area contributed by atoms with Crippen LogP contribution in [0.1, 0.15) is 12.8 Å². The largest absolute Gasteiger partial charge is 0.379 e. The maximum atomic E-state index is 6.39. The van der Waals surface area contributed by atoms with Crippen LogP contribution in [0.15, 0.2) is 41.2 Å². The summed E-state index contributed by atoms with van der Waals surface area (Å²) in [6.07, 6.45) is 4.21. The molecule has 7 nitrogen and oxygen atoms in total. The molecule has 1 saturated carbocycles. The number of hydrogen-bond acceptors (Lipinski definition) is 6. The Bertz CT molecular complexity index is 1110.